The van der Waals surface area contributed by atoms with Gasteiger partial charge in [-0.3, -0.25) is 4.79 Å². The molecule has 0 unspecified atom stereocenters. The fraction of sp³-hybridized carbons (Fsp3) is 0.391. The fourth-order valence-corrected chi connectivity index (χ4v) is 3.27. The minimum absolute atomic E-state index is 0. The van der Waals surface area contributed by atoms with E-state index in [0.717, 1.165) is 24.8 Å². The number of guanidine groups is 1. The van der Waals surface area contributed by atoms with E-state index >= 15 is 0 Å². The number of likely N-dealkylation sites (N-methyl/N-ethyl adjacent to an activating group) is 1. The zero-order chi connectivity index (χ0) is 20.7. The minimum atomic E-state index is -0.196. The van der Waals surface area contributed by atoms with Gasteiger partial charge in [-0.25, -0.2) is 9.38 Å². The molecule has 0 bridgehead atoms. The van der Waals surface area contributed by atoms with Crippen LogP contribution in [0, 0.1) is 5.82 Å². The summed E-state index contributed by atoms with van der Waals surface area (Å²) >= 11 is 0. The number of amides is 1. The highest BCUT2D eigenvalue weighted by molar-refractivity contribution is 14.0. The van der Waals surface area contributed by atoms with E-state index in [0.29, 0.717) is 19.0 Å². The second-order valence-corrected chi connectivity index (χ2v) is 7.73. The number of nitrogens with zero attached hydrogens (tertiary/aromatic N) is 2. The van der Waals surface area contributed by atoms with Gasteiger partial charge in [-0.15, -0.1) is 24.0 Å². The fourth-order valence-electron chi connectivity index (χ4n) is 3.27. The summed E-state index contributed by atoms with van der Waals surface area (Å²) in [7, 11) is 3.43. The van der Waals surface area contributed by atoms with Crippen molar-refractivity contribution in [3.8, 4) is 0 Å². The molecule has 3 rings (SSSR count). The molecule has 1 aliphatic rings. The molecule has 5 nitrogen and oxygen atoms in total. The van der Waals surface area contributed by atoms with Crippen LogP contribution in [-0.2, 0) is 16.6 Å². The van der Waals surface area contributed by atoms with Gasteiger partial charge in [-0.05, 0) is 36.5 Å². The molecule has 162 valence electrons. The largest absolute Gasteiger partial charge is 0.356 e. The van der Waals surface area contributed by atoms with Crippen molar-refractivity contribution in [3.05, 3.63) is 71.5 Å². The van der Waals surface area contributed by atoms with Crippen LogP contribution in [0.25, 0.3) is 0 Å². The van der Waals surface area contributed by atoms with Crippen LogP contribution in [0.1, 0.15) is 24.0 Å². The summed E-state index contributed by atoms with van der Waals surface area (Å²) in [6.45, 7) is 1.35. The van der Waals surface area contributed by atoms with Gasteiger partial charge in [-0.1, -0.05) is 48.5 Å². The second kappa shape index (κ2) is 11.3. The minimum Gasteiger partial charge on any atom is -0.356 e. The molecular weight excluding hydrogens is 494 g/mol. The topological polar surface area (TPSA) is 56.7 Å². The Hall–Kier alpha value is -2.16. The number of carbonyl (C=O) groups is 1. The van der Waals surface area contributed by atoms with Gasteiger partial charge in [0.05, 0.1) is 0 Å². The highest BCUT2D eigenvalue weighted by Gasteiger charge is 2.45. The first-order valence-corrected chi connectivity index (χ1v) is 10.0. The van der Waals surface area contributed by atoms with Gasteiger partial charge in [-0.2, -0.15) is 0 Å². The van der Waals surface area contributed by atoms with Crippen LogP contribution in [0.5, 0.6) is 0 Å². The SMILES string of the molecule is CN(C)C(=O)CN=C(NCCc1ccccc1)NCC1(c2ccccc2F)CC1.I. The van der Waals surface area contributed by atoms with Crippen LogP contribution in [0.3, 0.4) is 0 Å². The lowest BCUT2D eigenvalue weighted by Gasteiger charge is -2.20. The lowest BCUT2D eigenvalue weighted by atomic mass is 9.95. The molecule has 1 aliphatic carbocycles. The van der Waals surface area contributed by atoms with E-state index in [4.69, 9.17) is 0 Å². The summed E-state index contributed by atoms with van der Waals surface area (Å²) in [4.78, 5) is 17.9. The van der Waals surface area contributed by atoms with Gasteiger partial charge in [0.25, 0.3) is 0 Å². The monoisotopic (exact) mass is 524 g/mol. The van der Waals surface area contributed by atoms with E-state index in [1.165, 1.54) is 16.5 Å². The molecule has 1 fully saturated rings. The van der Waals surface area contributed by atoms with Gasteiger partial charge in [0, 0.05) is 32.6 Å². The van der Waals surface area contributed by atoms with Crippen molar-refractivity contribution in [2.75, 3.05) is 33.7 Å². The molecule has 0 radical (unpaired) electrons. The Kier molecular flexibility index (Phi) is 9.08. The number of hydrogen-bond donors (Lipinski definition) is 2. The summed E-state index contributed by atoms with van der Waals surface area (Å²) in [6, 6.07) is 17.2. The molecule has 2 aromatic rings. The van der Waals surface area contributed by atoms with E-state index in [1.54, 1.807) is 20.2 Å². The van der Waals surface area contributed by atoms with Crippen molar-refractivity contribution in [1.29, 1.82) is 0 Å². The maximum absolute atomic E-state index is 14.3. The Balaban J connectivity index is 0.00000320. The average molecular weight is 524 g/mol. The summed E-state index contributed by atoms with van der Waals surface area (Å²) in [5, 5.41) is 6.63. The Morgan fingerprint density at radius 1 is 1.07 bits per heavy atom. The molecule has 0 aliphatic heterocycles. The zero-order valence-electron chi connectivity index (χ0n) is 17.5. The van der Waals surface area contributed by atoms with Crippen LogP contribution >= 0.6 is 24.0 Å². The molecule has 0 spiro atoms. The summed E-state index contributed by atoms with van der Waals surface area (Å²) in [5.41, 5.74) is 1.79. The molecule has 0 atom stereocenters. The molecule has 0 saturated heterocycles. The van der Waals surface area contributed by atoms with Crippen LogP contribution in [0.2, 0.25) is 0 Å². The Morgan fingerprint density at radius 2 is 1.73 bits per heavy atom. The van der Waals surface area contributed by atoms with Gasteiger partial charge in [0.2, 0.25) is 5.91 Å². The standard InChI is InChI=1S/C23H29FN4O.HI/c1-28(2)21(29)16-26-22(25-15-12-18-8-4-3-5-9-18)27-17-23(13-14-23)19-10-6-7-11-20(19)24;/h3-11H,12-17H2,1-2H3,(H2,25,26,27);1H. The van der Waals surface area contributed by atoms with E-state index < -0.39 is 0 Å². The van der Waals surface area contributed by atoms with Crippen LogP contribution in [-0.4, -0.2) is 50.5 Å². The third kappa shape index (κ3) is 6.68. The molecular formula is C23H30FIN4O. The van der Waals surface area contributed by atoms with Crippen molar-refractivity contribution in [2.45, 2.75) is 24.7 Å². The summed E-state index contributed by atoms with van der Waals surface area (Å²) in [6.07, 6.45) is 2.73. The molecule has 1 saturated carbocycles. The third-order valence-corrected chi connectivity index (χ3v) is 5.31. The van der Waals surface area contributed by atoms with Crippen molar-refractivity contribution >= 4 is 35.8 Å². The Labute approximate surface area is 195 Å². The van der Waals surface area contributed by atoms with Crippen molar-refractivity contribution in [2.24, 2.45) is 4.99 Å². The van der Waals surface area contributed by atoms with Gasteiger partial charge in [0.15, 0.2) is 5.96 Å². The molecule has 0 heterocycles. The number of benzene rings is 2. The maximum atomic E-state index is 14.3. The van der Waals surface area contributed by atoms with E-state index in [9.17, 15) is 9.18 Å². The highest BCUT2D eigenvalue weighted by atomic mass is 127. The van der Waals surface area contributed by atoms with Crippen LogP contribution in [0.4, 0.5) is 4.39 Å². The molecule has 1 amide bonds. The van der Waals surface area contributed by atoms with Crippen molar-refractivity contribution < 1.29 is 9.18 Å². The average Bonchev–Trinajstić information content (AvgIpc) is 3.51. The molecule has 30 heavy (non-hydrogen) atoms. The molecule has 2 N–H and O–H groups in total. The van der Waals surface area contributed by atoms with Gasteiger partial charge < -0.3 is 15.5 Å². The smallest absolute Gasteiger partial charge is 0.243 e. The van der Waals surface area contributed by atoms with Crippen LogP contribution < -0.4 is 10.6 Å². The Bertz CT molecular complexity index is 853. The Morgan fingerprint density at radius 3 is 2.37 bits per heavy atom. The second-order valence-electron chi connectivity index (χ2n) is 7.73. The number of carbonyl (C=O) groups excluding carboxylic acids is 1. The summed E-state index contributed by atoms with van der Waals surface area (Å²) in [5.74, 6) is 0.355. The number of aliphatic imine (C=N–C) groups is 1. The van der Waals surface area contributed by atoms with E-state index in [2.05, 4.69) is 27.8 Å². The van der Waals surface area contributed by atoms with E-state index in [1.807, 2.05) is 30.3 Å². The first kappa shape index (κ1) is 24.1. The van der Waals surface area contributed by atoms with Gasteiger partial charge >= 0.3 is 0 Å². The predicted octanol–water partition coefficient (Wildman–Crippen LogP) is 3.34. The number of halogens is 2. The van der Waals surface area contributed by atoms with Crippen molar-refractivity contribution in [3.63, 3.8) is 0 Å². The summed E-state index contributed by atoms with van der Waals surface area (Å²) < 4.78 is 14.3. The number of rotatable bonds is 8. The lowest BCUT2D eigenvalue weighted by Crippen LogP contribution is -2.43. The third-order valence-electron chi connectivity index (χ3n) is 5.31. The molecule has 0 aromatic heterocycles. The lowest BCUT2D eigenvalue weighted by molar-refractivity contribution is -0.127. The normalized spacial score (nSPS) is 14.4. The highest BCUT2D eigenvalue weighted by Crippen LogP contribution is 2.48. The van der Waals surface area contributed by atoms with Crippen LogP contribution in [0.15, 0.2) is 59.6 Å². The first-order valence-electron chi connectivity index (χ1n) is 10.0. The first-order chi connectivity index (χ1) is 14.0. The number of hydrogen-bond acceptors (Lipinski definition) is 2. The van der Waals surface area contributed by atoms with Crippen molar-refractivity contribution in [1.82, 2.24) is 15.5 Å². The van der Waals surface area contributed by atoms with E-state index in [-0.39, 0.29) is 47.7 Å². The van der Waals surface area contributed by atoms with Gasteiger partial charge in [0.1, 0.15) is 12.4 Å². The number of nitrogens with one attached hydrogen (secondary N) is 2. The maximum Gasteiger partial charge on any atom is 0.243 e. The quantitative estimate of drug-likeness (QED) is 0.317. The molecule has 7 heteroatoms. The zero-order valence-corrected chi connectivity index (χ0v) is 19.9. The molecule has 2 aromatic carbocycles. The predicted molar refractivity (Wildman–Crippen MR) is 130 cm³/mol.